The SMILES string of the molecule is CNC(=O)C(C)(C)CNCC1CCC(C)(C)O1. The molecule has 1 saturated heterocycles. The topological polar surface area (TPSA) is 50.4 Å². The van der Waals surface area contributed by atoms with Crippen LogP contribution in [0.5, 0.6) is 0 Å². The van der Waals surface area contributed by atoms with Gasteiger partial charge in [-0.05, 0) is 40.5 Å². The molecule has 1 unspecified atom stereocenters. The van der Waals surface area contributed by atoms with Gasteiger partial charge in [0.2, 0.25) is 5.91 Å². The molecule has 0 spiro atoms. The van der Waals surface area contributed by atoms with Crippen LogP contribution in [0.1, 0.15) is 40.5 Å². The molecule has 0 bridgehead atoms. The van der Waals surface area contributed by atoms with Crippen LogP contribution in [-0.2, 0) is 9.53 Å². The highest BCUT2D eigenvalue weighted by Crippen LogP contribution is 2.28. The molecule has 1 heterocycles. The Morgan fingerprint density at radius 1 is 1.47 bits per heavy atom. The van der Waals surface area contributed by atoms with Crippen LogP contribution in [0.4, 0.5) is 0 Å². The van der Waals surface area contributed by atoms with Crippen molar-refractivity contribution >= 4 is 5.91 Å². The summed E-state index contributed by atoms with van der Waals surface area (Å²) in [4.78, 5) is 11.6. The Balaban J connectivity index is 2.27. The zero-order chi connectivity index (χ0) is 13.1. The number of carbonyl (C=O) groups excluding carboxylic acids is 1. The molecule has 1 amide bonds. The van der Waals surface area contributed by atoms with Gasteiger partial charge >= 0.3 is 0 Å². The summed E-state index contributed by atoms with van der Waals surface area (Å²) in [5.74, 6) is 0.0673. The summed E-state index contributed by atoms with van der Waals surface area (Å²) >= 11 is 0. The summed E-state index contributed by atoms with van der Waals surface area (Å²) in [5, 5.41) is 6.02. The van der Waals surface area contributed by atoms with Gasteiger partial charge in [0.1, 0.15) is 0 Å². The molecule has 1 aliphatic heterocycles. The summed E-state index contributed by atoms with van der Waals surface area (Å²) in [6, 6.07) is 0. The maximum Gasteiger partial charge on any atom is 0.226 e. The molecular formula is C13H26N2O2. The van der Waals surface area contributed by atoms with E-state index in [4.69, 9.17) is 4.74 Å². The summed E-state index contributed by atoms with van der Waals surface area (Å²) in [6.07, 6.45) is 2.49. The lowest BCUT2D eigenvalue weighted by Crippen LogP contribution is -2.43. The van der Waals surface area contributed by atoms with Crippen molar-refractivity contribution in [3.63, 3.8) is 0 Å². The summed E-state index contributed by atoms with van der Waals surface area (Å²) in [7, 11) is 1.67. The summed E-state index contributed by atoms with van der Waals surface area (Å²) in [6.45, 7) is 9.64. The molecule has 4 heteroatoms. The van der Waals surface area contributed by atoms with Gasteiger partial charge in [0, 0.05) is 20.1 Å². The van der Waals surface area contributed by atoms with Crippen molar-refractivity contribution in [1.29, 1.82) is 0 Å². The maximum atomic E-state index is 11.6. The largest absolute Gasteiger partial charge is 0.371 e. The predicted octanol–water partition coefficient (Wildman–Crippen LogP) is 1.31. The Kier molecular flexibility index (Phi) is 4.55. The van der Waals surface area contributed by atoms with Crippen molar-refractivity contribution in [1.82, 2.24) is 10.6 Å². The first kappa shape index (κ1) is 14.5. The minimum atomic E-state index is -0.372. The highest BCUT2D eigenvalue weighted by Gasteiger charge is 2.32. The number of ether oxygens (including phenoxy) is 1. The van der Waals surface area contributed by atoms with Crippen LogP contribution in [-0.4, -0.2) is 37.7 Å². The van der Waals surface area contributed by atoms with Crippen molar-refractivity contribution in [2.45, 2.75) is 52.2 Å². The minimum absolute atomic E-state index is 0.0165. The third-order valence-corrected chi connectivity index (χ3v) is 3.33. The second-order valence-corrected chi connectivity index (χ2v) is 6.13. The first-order valence-corrected chi connectivity index (χ1v) is 6.37. The van der Waals surface area contributed by atoms with Crippen molar-refractivity contribution in [3.8, 4) is 0 Å². The van der Waals surface area contributed by atoms with Gasteiger partial charge in [-0.25, -0.2) is 0 Å². The van der Waals surface area contributed by atoms with Gasteiger partial charge < -0.3 is 15.4 Å². The second-order valence-electron chi connectivity index (χ2n) is 6.13. The van der Waals surface area contributed by atoms with E-state index in [0.717, 1.165) is 19.4 Å². The van der Waals surface area contributed by atoms with Crippen LogP contribution in [0.3, 0.4) is 0 Å². The molecule has 2 N–H and O–H groups in total. The van der Waals surface area contributed by atoms with E-state index in [9.17, 15) is 4.79 Å². The van der Waals surface area contributed by atoms with Crippen molar-refractivity contribution in [3.05, 3.63) is 0 Å². The van der Waals surface area contributed by atoms with Crippen LogP contribution in [0.25, 0.3) is 0 Å². The van der Waals surface area contributed by atoms with Gasteiger partial charge in [-0.15, -0.1) is 0 Å². The zero-order valence-corrected chi connectivity index (χ0v) is 11.7. The lowest BCUT2D eigenvalue weighted by Gasteiger charge is -2.24. The molecule has 17 heavy (non-hydrogen) atoms. The molecule has 0 aromatic heterocycles. The third-order valence-electron chi connectivity index (χ3n) is 3.33. The molecule has 1 atom stereocenters. The Morgan fingerprint density at radius 2 is 2.12 bits per heavy atom. The number of carbonyl (C=O) groups is 1. The molecule has 0 radical (unpaired) electrons. The fraction of sp³-hybridized carbons (Fsp3) is 0.923. The number of amides is 1. The first-order chi connectivity index (χ1) is 7.77. The molecule has 1 aliphatic rings. The molecule has 100 valence electrons. The quantitative estimate of drug-likeness (QED) is 0.764. The van der Waals surface area contributed by atoms with E-state index < -0.39 is 0 Å². The average molecular weight is 242 g/mol. The maximum absolute atomic E-state index is 11.6. The Morgan fingerprint density at radius 3 is 2.59 bits per heavy atom. The molecular weight excluding hydrogens is 216 g/mol. The van der Waals surface area contributed by atoms with Crippen molar-refractivity contribution in [2.24, 2.45) is 5.41 Å². The molecule has 0 aromatic carbocycles. The minimum Gasteiger partial charge on any atom is -0.371 e. The second kappa shape index (κ2) is 5.36. The van der Waals surface area contributed by atoms with Gasteiger partial charge in [-0.2, -0.15) is 0 Å². The van der Waals surface area contributed by atoms with Gasteiger partial charge in [-0.1, -0.05) is 0 Å². The van der Waals surface area contributed by atoms with Crippen molar-refractivity contribution < 1.29 is 9.53 Å². The van der Waals surface area contributed by atoms with E-state index in [-0.39, 0.29) is 23.0 Å². The van der Waals surface area contributed by atoms with E-state index in [1.54, 1.807) is 7.05 Å². The smallest absolute Gasteiger partial charge is 0.226 e. The number of hydrogen-bond donors (Lipinski definition) is 2. The lowest BCUT2D eigenvalue weighted by molar-refractivity contribution is -0.128. The number of hydrogen-bond acceptors (Lipinski definition) is 3. The van der Waals surface area contributed by atoms with Crippen LogP contribution in [0, 0.1) is 5.41 Å². The summed E-state index contributed by atoms with van der Waals surface area (Å²) < 4.78 is 5.89. The highest BCUT2D eigenvalue weighted by molar-refractivity contribution is 5.81. The van der Waals surface area contributed by atoms with E-state index in [0.29, 0.717) is 6.54 Å². The average Bonchev–Trinajstić information content (AvgIpc) is 2.56. The Bertz CT molecular complexity index is 275. The van der Waals surface area contributed by atoms with Crippen LogP contribution in [0.2, 0.25) is 0 Å². The van der Waals surface area contributed by atoms with Gasteiger partial charge in [-0.3, -0.25) is 4.79 Å². The molecule has 4 nitrogen and oxygen atoms in total. The Hall–Kier alpha value is -0.610. The summed E-state index contributed by atoms with van der Waals surface area (Å²) in [5.41, 5.74) is -0.356. The molecule has 0 aliphatic carbocycles. The fourth-order valence-corrected chi connectivity index (χ4v) is 2.19. The van der Waals surface area contributed by atoms with E-state index >= 15 is 0 Å². The predicted molar refractivity (Wildman–Crippen MR) is 68.9 cm³/mol. The van der Waals surface area contributed by atoms with E-state index in [1.165, 1.54) is 0 Å². The Labute approximate surface area is 104 Å². The van der Waals surface area contributed by atoms with Gasteiger partial charge in [0.05, 0.1) is 17.1 Å². The van der Waals surface area contributed by atoms with Crippen LogP contribution in [0.15, 0.2) is 0 Å². The molecule has 0 aromatic rings. The molecule has 1 rings (SSSR count). The highest BCUT2D eigenvalue weighted by atomic mass is 16.5. The zero-order valence-electron chi connectivity index (χ0n) is 11.7. The monoisotopic (exact) mass is 242 g/mol. The number of nitrogens with one attached hydrogen (secondary N) is 2. The normalized spacial score (nSPS) is 23.7. The van der Waals surface area contributed by atoms with E-state index in [2.05, 4.69) is 24.5 Å². The number of rotatable bonds is 5. The van der Waals surface area contributed by atoms with Crippen LogP contribution < -0.4 is 10.6 Å². The fourth-order valence-electron chi connectivity index (χ4n) is 2.19. The first-order valence-electron chi connectivity index (χ1n) is 6.37. The van der Waals surface area contributed by atoms with Gasteiger partial charge in [0.25, 0.3) is 0 Å². The van der Waals surface area contributed by atoms with Crippen molar-refractivity contribution in [2.75, 3.05) is 20.1 Å². The van der Waals surface area contributed by atoms with Gasteiger partial charge in [0.15, 0.2) is 0 Å². The molecule has 0 saturated carbocycles. The lowest BCUT2D eigenvalue weighted by atomic mass is 9.92. The standard InChI is InChI=1S/C13H26N2O2/c1-12(2,11(16)14-5)9-15-8-10-6-7-13(3,4)17-10/h10,15H,6-9H2,1-5H3,(H,14,16). The molecule has 1 fully saturated rings. The van der Waals surface area contributed by atoms with Crippen LogP contribution >= 0.6 is 0 Å². The van der Waals surface area contributed by atoms with E-state index in [1.807, 2.05) is 13.8 Å². The third kappa shape index (κ3) is 4.28.